The SMILES string of the molecule is COc1cc(OC)cc(-c2nc(NC(=O)[C@@H]3CCCN(c4cnc5ccccc5n4)C3)n[nH]2)c1. The molecule has 3 heterocycles. The lowest BCUT2D eigenvalue weighted by molar-refractivity contribution is -0.120. The van der Waals surface area contributed by atoms with Crippen LogP contribution in [-0.2, 0) is 4.79 Å². The number of benzene rings is 2. The Kier molecular flexibility index (Phi) is 5.94. The number of anilines is 2. The van der Waals surface area contributed by atoms with Gasteiger partial charge < -0.3 is 14.4 Å². The van der Waals surface area contributed by atoms with Crippen LogP contribution in [0.5, 0.6) is 11.5 Å². The lowest BCUT2D eigenvalue weighted by Gasteiger charge is -2.32. The predicted molar refractivity (Wildman–Crippen MR) is 128 cm³/mol. The summed E-state index contributed by atoms with van der Waals surface area (Å²) in [4.78, 5) is 28.8. The van der Waals surface area contributed by atoms with Crippen molar-refractivity contribution in [1.29, 1.82) is 0 Å². The van der Waals surface area contributed by atoms with Crippen molar-refractivity contribution in [3.8, 4) is 22.9 Å². The first kappa shape index (κ1) is 21.6. The molecule has 1 saturated heterocycles. The molecule has 1 aliphatic rings. The fraction of sp³-hybridized carbons (Fsp3) is 0.292. The van der Waals surface area contributed by atoms with Gasteiger partial charge in [-0.1, -0.05) is 12.1 Å². The van der Waals surface area contributed by atoms with Crippen LogP contribution >= 0.6 is 0 Å². The van der Waals surface area contributed by atoms with Crippen LogP contribution in [0, 0.1) is 5.92 Å². The second-order valence-electron chi connectivity index (χ2n) is 8.10. The molecule has 1 aliphatic heterocycles. The molecule has 2 aromatic carbocycles. The van der Waals surface area contributed by atoms with Crippen molar-refractivity contribution in [1.82, 2.24) is 25.1 Å². The van der Waals surface area contributed by atoms with E-state index in [-0.39, 0.29) is 17.8 Å². The Morgan fingerprint density at radius 2 is 1.85 bits per heavy atom. The minimum absolute atomic E-state index is 0.118. The number of amides is 1. The van der Waals surface area contributed by atoms with Crippen molar-refractivity contribution in [2.24, 2.45) is 5.92 Å². The second kappa shape index (κ2) is 9.34. The molecule has 2 aromatic heterocycles. The fourth-order valence-corrected chi connectivity index (χ4v) is 4.10. The number of rotatable bonds is 6. The lowest BCUT2D eigenvalue weighted by atomic mass is 9.97. The molecule has 1 amide bonds. The van der Waals surface area contributed by atoms with Crippen LogP contribution in [0.4, 0.5) is 11.8 Å². The summed E-state index contributed by atoms with van der Waals surface area (Å²) in [5.74, 6) is 2.45. The Morgan fingerprint density at radius 1 is 1.09 bits per heavy atom. The molecule has 0 radical (unpaired) electrons. The van der Waals surface area contributed by atoms with Gasteiger partial charge in [0, 0.05) is 24.7 Å². The van der Waals surface area contributed by atoms with Crippen molar-refractivity contribution < 1.29 is 14.3 Å². The Balaban J connectivity index is 1.28. The van der Waals surface area contributed by atoms with Gasteiger partial charge >= 0.3 is 0 Å². The van der Waals surface area contributed by atoms with Crippen molar-refractivity contribution in [2.45, 2.75) is 12.8 Å². The standard InChI is InChI=1S/C24H25N7O3/c1-33-17-10-16(11-18(12-17)34-2)22-27-24(30-29-22)28-23(32)15-6-5-9-31(14-15)21-13-25-19-7-3-4-8-20(19)26-21/h3-4,7-8,10-13,15H,5-6,9,14H2,1-2H3,(H2,27,28,29,30,32)/t15-/m1/s1. The van der Waals surface area contributed by atoms with Crippen molar-refractivity contribution >= 4 is 28.7 Å². The van der Waals surface area contributed by atoms with Gasteiger partial charge in [0.05, 0.1) is 37.4 Å². The first-order chi connectivity index (χ1) is 16.6. The van der Waals surface area contributed by atoms with Gasteiger partial charge in [0.15, 0.2) is 5.82 Å². The van der Waals surface area contributed by atoms with Crippen LogP contribution < -0.4 is 19.7 Å². The Labute approximate surface area is 196 Å². The van der Waals surface area contributed by atoms with Crippen LogP contribution in [0.3, 0.4) is 0 Å². The second-order valence-corrected chi connectivity index (χ2v) is 8.10. The van der Waals surface area contributed by atoms with E-state index in [4.69, 9.17) is 14.5 Å². The smallest absolute Gasteiger partial charge is 0.249 e. The molecule has 0 saturated carbocycles. The number of piperidine rings is 1. The van der Waals surface area contributed by atoms with Gasteiger partial charge in [0.2, 0.25) is 11.9 Å². The van der Waals surface area contributed by atoms with Crippen molar-refractivity contribution in [3.05, 3.63) is 48.7 Å². The topological polar surface area (TPSA) is 118 Å². The van der Waals surface area contributed by atoms with E-state index in [9.17, 15) is 4.79 Å². The van der Waals surface area contributed by atoms with Crippen LogP contribution in [0.2, 0.25) is 0 Å². The van der Waals surface area contributed by atoms with E-state index < -0.39 is 0 Å². The van der Waals surface area contributed by atoms with E-state index in [1.807, 2.05) is 36.4 Å². The number of para-hydroxylation sites is 2. The highest BCUT2D eigenvalue weighted by Crippen LogP contribution is 2.28. The Morgan fingerprint density at radius 3 is 2.62 bits per heavy atom. The number of H-pyrrole nitrogens is 1. The molecule has 34 heavy (non-hydrogen) atoms. The van der Waals surface area contributed by atoms with Gasteiger partial charge in [0.1, 0.15) is 17.3 Å². The molecule has 0 unspecified atom stereocenters. The normalized spacial score (nSPS) is 15.8. The van der Waals surface area contributed by atoms with Crippen molar-refractivity contribution in [2.75, 3.05) is 37.5 Å². The summed E-state index contributed by atoms with van der Waals surface area (Å²) in [7, 11) is 3.17. The Hall–Kier alpha value is -4.21. The number of aromatic nitrogens is 5. The number of carbonyl (C=O) groups excluding carboxylic acids is 1. The number of hydrogen-bond acceptors (Lipinski definition) is 8. The highest BCUT2D eigenvalue weighted by Gasteiger charge is 2.27. The largest absolute Gasteiger partial charge is 0.497 e. The van der Waals surface area contributed by atoms with Crippen LogP contribution in [-0.4, -0.2) is 58.4 Å². The highest BCUT2D eigenvalue weighted by atomic mass is 16.5. The average molecular weight is 460 g/mol. The average Bonchev–Trinajstić information content (AvgIpc) is 3.36. The van der Waals surface area contributed by atoms with E-state index in [1.165, 1.54) is 0 Å². The first-order valence-electron chi connectivity index (χ1n) is 11.1. The summed E-state index contributed by atoms with van der Waals surface area (Å²) < 4.78 is 10.6. The summed E-state index contributed by atoms with van der Waals surface area (Å²) in [6.45, 7) is 1.39. The molecule has 1 fully saturated rings. The fourth-order valence-electron chi connectivity index (χ4n) is 4.10. The maximum absolute atomic E-state index is 13.0. The Bertz CT molecular complexity index is 1300. The van der Waals surface area contributed by atoms with E-state index >= 15 is 0 Å². The third-order valence-electron chi connectivity index (χ3n) is 5.90. The third-order valence-corrected chi connectivity index (χ3v) is 5.90. The van der Waals surface area contributed by atoms with E-state index in [2.05, 4.69) is 30.4 Å². The minimum Gasteiger partial charge on any atom is -0.497 e. The van der Waals surface area contributed by atoms with Crippen LogP contribution in [0.25, 0.3) is 22.4 Å². The molecule has 5 rings (SSSR count). The number of fused-ring (bicyclic) bond motifs is 1. The third kappa shape index (κ3) is 4.47. The lowest BCUT2D eigenvalue weighted by Crippen LogP contribution is -2.41. The number of aromatic amines is 1. The number of hydrogen-bond donors (Lipinski definition) is 2. The minimum atomic E-state index is -0.208. The molecular formula is C24H25N7O3. The zero-order chi connectivity index (χ0) is 23.5. The van der Waals surface area contributed by atoms with E-state index in [0.717, 1.165) is 41.8 Å². The number of carbonyl (C=O) groups is 1. The zero-order valence-electron chi connectivity index (χ0n) is 19.0. The molecule has 2 N–H and O–H groups in total. The van der Waals surface area contributed by atoms with Gasteiger partial charge in [-0.25, -0.2) is 4.98 Å². The van der Waals surface area contributed by atoms with Gasteiger partial charge in [0.25, 0.3) is 0 Å². The van der Waals surface area contributed by atoms with E-state index in [0.29, 0.717) is 23.9 Å². The summed E-state index contributed by atoms with van der Waals surface area (Å²) in [6, 6.07) is 13.2. The van der Waals surface area contributed by atoms with Crippen LogP contribution in [0.1, 0.15) is 12.8 Å². The molecule has 0 spiro atoms. The van der Waals surface area contributed by atoms with Gasteiger partial charge in [-0.2, -0.15) is 4.98 Å². The molecule has 0 aliphatic carbocycles. The summed E-state index contributed by atoms with van der Waals surface area (Å²) in [6.07, 6.45) is 3.44. The first-order valence-corrected chi connectivity index (χ1v) is 11.1. The quantitative estimate of drug-likeness (QED) is 0.451. The number of methoxy groups -OCH3 is 2. The van der Waals surface area contributed by atoms with Gasteiger partial charge in [-0.3, -0.25) is 20.2 Å². The molecule has 0 bridgehead atoms. The summed E-state index contributed by atoms with van der Waals surface area (Å²) >= 11 is 0. The van der Waals surface area contributed by atoms with Gasteiger partial charge in [-0.15, -0.1) is 5.10 Å². The van der Waals surface area contributed by atoms with Crippen LogP contribution in [0.15, 0.2) is 48.7 Å². The van der Waals surface area contributed by atoms with Crippen molar-refractivity contribution in [3.63, 3.8) is 0 Å². The summed E-state index contributed by atoms with van der Waals surface area (Å²) in [5, 5.41) is 9.88. The maximum atomic E-state index is 13.0. The molecule has 10 nitrogen and oxygen atoms in total. The number of nitrogens with zero attached hydrogens (tertiary/aromatic N) is 5. The number of ether oxygens (including phenoxy) is 2. The van der Waals surface area contributed by atoms with Gasteiger partial charge in [-0.05, 0) is 37.1 Å². The zero-order valence-corrected chi connectivity index (χ0v) is 19.0. The highest BCUT2D eigenvalue weighted by molar-refractivity contribution is 5.91. The summed E-state index contributed by atoms with van der Waals surface area (Å²) in [5.41, 5.74) is 2.43. The van der Waals surface area contributed by atoms with E-state index in [1.54, 1.807) is 26.5 Å². The molecule has 1 atom stereocenters. The molecule has 4 aromatic rings. The maximum Gasteiger partial charge on any atom is 0.249 e. The molecular weight excluding hydrogens is 434 g/mol. The monoisotopic (exact) mass is 459 g/mol. The molecule has 174 valence electrons. The number of nitrogens with one attached hydrogen (secondary N) is 2. The predicted octanol–water partition coefficient (Wildman–Crippen LogP) is 3.29. The molecule has 10 heteroatoms.